The van der Waals surface area contributed by atoms with Crippen LogP contribution in [0.3, 0.4) is 0 Å². The zero-order valence-corrected chi connectivity index (χ0v) is 12.5. The number of para-hydroxylation sites is 1. The van der Waals surface area contributed by atoms with Crippen LogP contribution in [0, 0.1) is 6.92 Å². The summed E-state index contributed by atoms with van der Waals surface area (Å²) in [6, 6.07) is 6.01. The molecule has 0 spiro atoms. The number of nitrogens with zero attached hydrogens (tertiary/aromatic N) is 2. The number of likely N-dealkylation sites (N-methyl/N-ethyl adjacent to an activating group) is 1. The van der Waals surface area contributed by atoms with Crippen LogP contribution in [-0.4, -0.2) is 42.0 Å². The fraction of sp³-hybridized carbons (Fsp3) is 0.375. The Morgan fingerprint density at radius 2 is 2.14 bits per heavy atom. The molecule has 1 aliphatic rings. The lowest BCUT2D eigenvalue weighted by atomic mass is 10.0. The highest BCUT2D eigenvalue weighted by molar-refractivity contribution is 6.04. The third kappa shape index (κ3) is 2.00. The van der Waals surface area contributed by atoms with Crippen molar-refractivity contribution in [3.63, 3.8) is 0 Å². The normalized spacial score (nSPS) is 14.4. The van der Waals surface area contributed by atoms with E-state index in [-0.39, 0.29) is 18.4 Å². The zero-order valence-electron chi connectivity index (χ0n) is 12.5. The van der Waals surface area contributed by atoms with Gasteiger partial charge in [0.05, 0.1) is 12.6 Å². The summed E-state index contributed by atoms with van der Waals surface area (Å²) in [4.78, 5) is 26.0. The van der Waals surface area contributed by atoms with Gasteiger partial charge >= 0.3 is 5.97 Å². The number of hydrogen-bond acceptors (Lipinski definition) is 3. The molecular weight excluding hydrogens is 268 g/mol. The van der Waals surface area contributed by atoms with Crippen molar-refractivity contribution in [2.24, 2.45) is 0 Å². The molecule has 0 N–H and O–H groups in total. The molecular formula is C16H18N2O3. The number of carbonyl (C=O) groups excluding carboxylic acids is 2. The van der Waals surface area contributed by atoms with Gasteiger partial charge < -0.3 is 14.2 Å². The van der Waals surface area contributed by atoms with Crippen molar-refractivity contribution in [1.29, 1.82) is 0 Å². The lowest BCUT2D eigenvalue weighted by Crippen LogP contribution is -2.36. The first-order valence-corrected chi connectivity index (χ1v) is 6.97. The number of esters is 1. The largest absolute Gasteiger partial charge is 0.468 e. The maximum Gasteiger partial charge on any atom is 0.325 e. The number of methoxy groups -OCH3 is 1. The minimum atomic E-state index is -0.348. The molecule has 0 saturated heterocycles. The molecule has 5 heteroatoms. The van der Waals surface area contributed by atoms with E-state index in [1.54, 1.807) is 11.9 Å². The van der Waals surface area contributed by atoms with E-state index in [4.69, 9.17) is 4.74 Å². The molecule has 0 fully saturated rings. The summed E-state index contributed by atoms with van der Waals surface area (Å²) in [6.45, 7) is 2.76. The molecule has 0 unspecified atom stereocenters. The van der Waals surface area contributed by atoms with Crippen LogP contribution in [0.2, 0.25) is 0 Å². The Morgan fingerprint density at radius 3 is 2.86 bits per heavy atom. The van der Waals surface area contributed by atoms with E-state index in [9.17, 15) is 9.59 Å². The van der Waals surface area contributed by atoms with E-state index in [2.05, 4.69) is 0 Å². The van der Waals surface area contributed by atoms with Crippen LogP contribution in [0.5, 0.6) is 0 Å². The van der Waals surface area contributed by atoms with Crippen LogP contribution in [0.15, 0.2) is 18.2 Å². The molecule has 21 heavy (non-hydrogen) atoms. The molecule has 110 valence electrons. The Labute approximate surface area is 123 Å². The maximum atomic E-state index is 12.5. The fourth-order valence-electron chi connectivity index (χ4n) is 3.07. The Hall–Kier alpha value is -2.30. The molecule has 1 aromatic carbocycles. The second-order valence-electron chi connectivity index (χ2n) is 5.44. The molecule has 1 aliphatic heterocycles. The van der Waals surface area contributed by atoms with Crippen molar-refractivity contribution in [3.05, 3.63) is 35.0 Å². The minimum absolute atomic E-state index is 0.0317. The molecule has 2 aromatic rings. The predicted molar refractivity (Wildman–Crippen MR) is 79.4 cm³/mol. The van der Waals surface area contributed by atoms with Gasteiger partial charge in [-0.2, -0.15) is 0 Å². The number of rotatable bonds is 2. The number of aromatic nitrogens is 1. The number of fused-ring (bicyclic) bond motifs is 3. The highest BCUT2D eigenvalue weighted by atomic mass is 16.5. The van der Waals surface area contributed by atoms with Crippen LogP contribution in [0.25, 0.3) is 10.9 Å². The number of ether oxygens (including phenoxy) is 1. The van der Waals surface area contributed by atoms with E-state index in [0.29, 0.717) is 12.2 Å². The van der Waals surface area contributed by atoms with E-state index < -0.39 is 0 Å². The average Bonchev–Trinajstić information content (AvgIpc) is 2.79. The third-order valence-corrected chi connectivity index (χ3v) is 4.15. The Morgan fingerprint density at radius 1 is 1.38 bits per heavy atom. The Balaban J connectivity index is 2.32. The van der Waals surface area contributed by atoms with E-state index >= 15 is 0 Å². The maximum absolute atomic E-state index is 12.5. The van der Waals surface area contributed by atoms with Crippen LogP contribution in [-0.2, 0) is 22.5 Å². The molecule has 0 bridgehead atoms. The summed E-state index contributed by atoms with van der Waals surface area (Å²) in [6.07, 6.45) is 0.811. The second-order valence-corrected chi connectivity index (χ2v) is 5.44. The molecule has 2 heterocycles. The molecule has 0 atom stereocenters. The summed E-state index contributed by atoms with van der Waals surface area (Å²) in [5, 5.41) is 1.07. The molecule has 5 nitrogen and oxygen atoms in total. The quantitative estimate of drug-likeness (QED) is 0.790. The molecule has 1 amide bonds. The van der Waals surface area contributed by atoms with Gasteiger partial charge in [0.1, 0.15) is 12.2 Å². The summed E-state index contributed by atoms with van der Waals surface area (Å²) in [7, 11) is 3.15. The van der Waals surface area contributed by atoms with E-state index in [0.717, 1.165) is 28.5 Å². The molecule has 3 rings (SSSR count). The van der Waals surface area contributed by atoms with Gasteiger partial charge in [0.15, 0.2) is 0 Å². The lowest BCUT2D eigenvalue weighted by Gasteiger charge is -2.24. The standard InChI is InChI=1S/C16H18N2O3/c1-10-5-4-6-11-12-7-8-17(2)16(20)15(12)18(14(10)11)9-13(19)21-3/h4-6H,7-9H2,1-3H3. The topological polar surface area (TPSA) is 51.5 Å². The van der Waals surface area contributed by atoms with Gasteiger partial charge in [0, 0.05) is 19.0 Å². The van der Waals surface area contributed by atoms with Crippen LogP contribution in [0.4, 0.5) is 0 Å². The first-order valence-electron chi connectivity index (χ1n) is 6.97. The van der Waals surface area contributed by atoms with Crippen molar-refractivity contribution in [2.45, 2.75) is 19.9 Å². The molecule has 0 aliphatic carbocycles. The third-order valence-electron chi connectivity index (χ3n) is 4.15. The first kappa shape index (κ1) is 13.7. The number of benzene rings is 1. The number of carbonyl (C=O) groups is 2. The Kier molecular flexibility index (Phi) is 3.20. The van der Waals surface area contributed by atoms with Crippen LogP contribution >= 0.6 is 0 Å². The van der Waals surface area contributed by atoms with E-state index in [1.807, 2.05) is 29.7 Å². The number of amides is 1. The SMILES string of the molecule is COC(=O)Cn1c2c(c3cccc(C)c31)CCN(C)C2=O. The van der Waals surface area contributed by atoms with E-state index in [1.165, 1.54) is 7.11 Å². The zero-order chi connectivity index (χ0) is 15.1. The van der Waals surface area contributed by atoms with Gasteiger partial charge in [-0.3, -0.25) is 9.59 Å². The summed E-state index contributed by atoms with van der Waals surface area (Å²) in [5.74, 6) is -0.380. The summed E-state index contributed by atoms with van der Waals surface area (Å²) < 4.78 is 6.59. The molecule has 1 aromatic heterocycles. The molecule has 0 radical (unpaired) electrons. The fourth-order valence-corrected chi connectivity index (χ4v) is 3.07. The van der Waals surface area contributed by atoms with Gasteiger partial charge in [-0.15, -0.1) is 0 Å². The summed E-state index contributed by atoms with van der Waals surface area (Å²) >= 11 is 0. The monoisotopic (exact) mass is 286 g/mol. The van der Waals surface area contributed by atoms with Crippen molar-refractivity contribution in [2.75, 3.05) is 20.7 Å². The highest BCUT2D eigenvalue weighted by Gasteiger charge is 2.30. The summed E-state index contributed by atoms with van der Waals surface area (Å²) in [5.41, 5.74) is 3.68. The highest BCUT2D eigenvalue weighted by Crippen LogP contribution is 2.32. The predicted octanol–water partition coefficient (Wildman–Crippen LogP) is 1.75. The Bertz CT molecular complexity index is 746. The van der Waals surface area contributed by atoms with Crippen molar-refractivity contribution >= 4 is 22.8 Å². The number of aryl methyl sites for hydroxylation is 1. The van der Waals surface area contributed by atoms with Gasteiger partial charge in [0.2, 0.25) is 0 Å². The number of hydrogen-bond donors (Lipinski definition) is 0. The average molecular weight is 286 g/mol. The molecule has 0 saturated carbocycles. The van der Waals surface area contributed by atoms with Gasteiger partial charge in [-0.1, -0.05) is 18.2 Å². The minimum Gasteiger partial charge on any atom is -0.468 e. The van der Waals surface area contributed by atoms with Crippen LogP contribution < -0.4 is 0 Å². The van der Waals surface area contributed by atoms with Crippen molar-refractivity contribution in [1.82, 2.24) is 9.47 Å². The van der Waals surface area contributed by atoms with Gasteiger partial charge in [-0.05, 0) is 24.5 Å². The first-order chi connectivity index (χ1) is 10.0. The lowest BCUT2D eigenvalue weighted by molar-refractivity contribution is -0.141. The van der Waals surface area contributed by atoms with Gasteiger partial charge in [0.25, 0.3) is 5.91 Å². The van der Waals surface area contributed by atoms with Crippen molar-refractivity contribution < 1.29 is 14.3 Å². The smallest absolute Gasteiger partial charge is 0.325 e. The van der Waals surface area contributed by atoms with Crippen molar-refractivity contribution in [3.8, 4) is 0 Å². The van der Waals surface area contributed by atoms with Gasteiger partial charge in [-0.25, -0.2) is 0 Å². The second kappa shape index (κ2) is 4.91. The van der Waals surface area contributed by atoms with Crippen LogP contribution in [0.1, 0.15) is 21.6 Å².